The van der Waals surface area contributed by atoms with Crippen LogP contribution in [0.3, 0.4) is 0 Å². The van der Waals surface area contributed by atoms with E-state index in [-0.39, 0.29) is 6.10 Å². The third-order valence-corrected chi connectivity index (χ3v) is 4.81. The Morgan fingerprint density at radius 2 is 2.15 bits per heavy atom. The largest absolute Gasteiger partial charge is 0.496 e. The molecule has 0 unspecified atom stereocenters. The van der Waals surface area contributed by atoms with Gasteiger partial charge in [0.25, 0.3) is 5.19 Å². The van der Waals surface area contributed by atoms with E-state index in [1.54, 1.807) is 18.9 Å². The van der Waals surface area contributed by atoms with Crippen LogP contribution in [0.5, 0.6) is 10.9 Å². The van der Waals surface area contributed by atoms with Crippen molar-refractivity contribution in [3.8, 4) is 10.9 Å². The number of aromatic nitrogens is 2. The molecule has 7 heteroatoms. The Morgan fingerprint density at radius 1 is 1.35 bits per heavy atom. The summed E-state index contributed by atoms with van der Waals surface area (Å²) in [6.07, 6.45) is 0.117. The van der Waals surface area contributed by atoms with E-state index in [0.29, 0.717) is 5.19 Å². The van der Waals surface area contributed by atoms with E-state index < -0.39 is 0 Å². The van der Waals surface area contributed by atoms with Crippen LogP contribution in [0.1, 0.15) is 19.4 Å². The van der Waals surface area contributed by atoms with Gasteiger partial charge in [-0.1, -0.05) is 32.8 Å². The molecule has 2 aromatic rings. The molecule has 0 spiro atoms. The maximum absolute atomic E-state index is 5.51. The van der Waals surface area contributed by atoms with Crippen LogP contribution >= 0.6 is 39.0 Å². The van der Waals surface area contributed by atoms with Crippen LogP contribution in [-0.4, -0.2) is 23.4 Å². The van der Waals surface area contributed by atoms with Gasteiger partial charge in [-0.25, -0.2) is 0 Å². The highest BCUT2D eigenvalue weighted by Gasteiger charge is 2.10. The minimum atomic E-state index is 0.117. The number of hydrogen-bond donors (Lipinski definition) is 0. The molecule has 4 nitrogen and oxygen atoms in total. The number of ether oxygens (including phenoxy) is 2. The van der Waals surface area contributed by atoms with Crippen molar-refractivity contribution in [1.29, 1.82) is 0 Å². The van der Waals surface area contributed by atoms with Crippen molar-refractivity contribution in [3.05, 3.63) is 28.2 Å². The van der Waals surface area contributed by atoms with E-state index in [1.165, 1.54) is 11.3 Å². The molecule has 0 fully saturated rings. The zero-order valence-corrected chi connectivity index (χ0v) is 14.6. The summed E-state index contributed by atoms with van der Waals surface area (Å²) in [6, 6.07) is 5.97. The number of methoxy groups -OCH3 is 1. The van der Waals surface area contributed by atoms with E-state index >= 15 is 0 Å². The number of thioether (sulfide) groups is 1. The van der Waals surface area contributed by atoms with Gasteiger partial charge in [0.05, 0.1) is 13.2 Å². The highest BCUT2D eigenvalue weighted by molar-refractivity contribution is 9.10. The zero-order valence-electron chi connectivity index (χ0n) is 11.4. The van der Waals surface area contributed by atoms with Crippen LogP contribution in [-0.2, 0) is 5.75 Å². The number of halogens is 1. The number of nitrogens with zero attached hydrogens (tertiary/aromatic N) is 2. The van der Waals surface area contributed by atoms with Crippen molar-refractivity contribution in [3.63, 3.8) is 0 Å². The molecule has 1 heterocycles. The Morgan fingerprint density at radius 3 is 2.85 bits per heavy atom. The van der Waals surface area contributed by atoms with Gasteiger partial charge in [-0.2, -0.15) is 0 Å². The zero-order chi connectivity index (χ0) is 14.5. The Bertz CT molecular complexity index is 575. The first-order valence-corrected chi connectivity index (χ1v) is 8.63. The molecular formula is C13H15BrN2O2S2. The Hall–Kier alpha value is -0.790. The van der Waals surface area contributed by atoms with Crippen LogP contribution in [0.4, 0.5) is 0 Å². The van der Waals surface area contributed by atoms with Crippen LogP contribution in [0.25, 0.3) is 0 Å². The van der Waals surface area contributed by atoms with Gasteiger partial charge in [-0.15, -0.1) is 5.10 Å². The predicted octanol–water partition coefficient (Wildman–Crippen LogP) is 4.39. The summed E-state index contributed by atoms with van der Waals surface area (Å²) in [6.45, 7) is 3.95. The van der Waals surface area contributed by atoms with Crippen LogP contribution in [0.2, 0.25) is 0 Å². The second-order valence-corrected chi connectivity index (χ2v) is 7.32. The standard InChI is InChI=1S/C13H15BrN2O2S2/c1-8(2)18-12-15-16-13(20-12)19-7-9-6-10(14)4-5-11(9)17-3/h4-6,8H,7H2,1-3H3. The van der Waals surface area contributed by atoms with Gasteiger partial charge in [-0.05, 0) is 43.4 Å². The summed E-state index contributed by atoms with van der Waals surface area (Å²) < 4.78 is 12.8. The average molecular weight is 375 g/mol. The van der Waals surface area contributed by atoms with E-state index in [1.807, 2.05) is 26.0 Å². The van der Waals surface area contributed by atoms with Gasteiger partial charge >= 0.3 is 0 Å². The second-order valence-electron chi connectivity index (χ2n) is 4.25. The molecule has 0 aliphatic rings. The lowest BCUT2D eigenvalue weighted by Crippen LogP contribution is -2.04. The molecule has 108 valence electrons. The molecule has 20 heavy (non-hydrogen) atoms. The van der Waals surface area contributed by atoms with Gasteiger partial charge in [0.1, 0.15) is 5.75 Å². The van der Waals surface area contributed by atoms with Gasteiger partial charge in [0.15, 0.2) is 4.34 Å². The van der Waals surface area contributed by atoms with Crippen molar-refractivity contribution in [2.45, 2.75) is 30.0 Å². The van der Waals surface area contributed by atoms with Crippen LogP contribution < -0.4 is 9.47 Å². The topological polar surface area (TPSA) is 44.2 Å². The maximum atomic E-state index is 5.51. The number of rotatable bonds is 6. The first-order chi connectivity index (χ1) is 9.58. The first-order valence-electron chi connectivity index (χ1n) is 6.04. The van der Waals surface area contributed by atoms with Crippen molar-refractivity contribution < 1.29 is 9.47 Å². The Labute approximate surface area is 135 Å². The normalized spacial score (nSPS) is 10.8. The fourth-order valence-electron chi connectivity index (χ4n) is 1.50. The van der Waals surface area contributed by atoms with Gasteiger partial charge < -0.3 is 9.47 Å². The van der Waals surface area contributed by atoms with E-state index in [9.17, 15) is 0 Å². The summed E-state index contributed by atoms with van der Waals surface area (Å²) in [5, 5.41) is 8.74. The van der Waals surface area contributed by atoms with E-state index in [4.69, 9.17) is 9.47 Å². The minimum absolute atomic E-state index is 0.117. The van der Waals surface area contributed by atoms with Gasteiger partial charge in [0, 0.05) is 15.8 Å². The molecule has 0 radical (unpaired) electrons. The summed E-state index contributed by atoms with van der Waals surface area (Å²) in [5.74, 6) is 1.66. The lowest BCUT2D eigenvalue weighted by atomic mass is 10.2. The minimum Gasteiger partial charge on any atom is -0.496 e. The molecule has 0 amide bonds. The first kappa shape index (κ1) is 15.6. The van der Waals surface area contributed by atoms with Gasteiger partial charge in [0.2, 0.25) is 0 Å². The van der Waals surface area contributed by atoms with Crippen LogP contribution in [0, 0.1) is 0 Å². The molecule has 2 rings (SSSR count). The highest BCUT2D eigenvalue weighted by atomic mass is 79.9. The molecule has 1 aromatic heterocycles. The lowest BCUT2D eigenvalue weighted by molar-refractivity contribution is 0.239. The van der Waals surface area contributed by atoms with E-state index in [2.05, 4.69) is 32.2 Å². The van der Waals surface area contributed by atoms with Gasteiger partial charge in [-0.3, -0.25) is 0 Å². The number of benzene rings is 1. The third-order valence-electron chi connectivity index (χ3n) is 2.32. The van der Waals surface area contributed by atoms with Crippen molar-refractivity contribution in [2.75, 3.05) is 7.11 Å². The molecule has 0 saturated heterocycles. The summed E-state index contributed by atoms with van der Waals surface area (Å²) >= 11 is 6.56. The maximum Gasteiger partial charge on any atom is 0.295 e. The quantitative estimate of drug-likeness (QED) is 0.701. The fourth-order valence-corrected chi connectivity index (χ4v) is 3.70. The van der Waals surface area contributed by atoms with Crippen molar-refractivity contribution in [2.24, 2.45) is 0 Å². The number of hydrogen-bond acceptors (Lipinski definition) is 6. The van der Waals surface area contributed by atoms with Crippen LogP contribution in [0.15, 0.2) is 27.0 Å². The second kappa shape index (κ2) is 7.28. The molecule has 0 N–H and O–H groups in total. The molecule has 0 bridgehead atoms. The summed E-state index contributed by atoms with van der Waals surface area (Å²) in [4.78, 5) is 0. The lowest BCUT2D eigenvalue weighted by Gasteiger charge is -2.07. The molecule has 0 aliphatic carbocycles. The predicted molar refractivity (Wildman–Crippen MR) is 85.9 cm³/mol. The molecule has 1 aromatic carbocycles. The summed E-state index contributed by atoms with van der Waals surface area (Å²) in [5.41, 5.74) is 1.12. The van der Waals surface area contributed by atoms with Crippen molar-refractivity contribution >= 4 is 39.0 Å². The SMILES string of the molecule is COc1ccc(Br)cc1CSc1nnc(OC(C)C)s1. The molecule has 0 saturated carbocycles. The summed E-state index contributed by atoms with van der Waals surface area (Å²) in [7, 11) is 1.68. The third kappa shape index (κ3) is 4.36. The molecule has 0 aliphatic heterocycles. The average Bonchev–Trinajstić information content (AvgIpc) is 2.83. The van der Waals surface area contributed by atoms with Crippen molar-refractivity contribution in [1.82, 2.24) is 10.2 Å². The van der Waals surface area contributed by atoms with E-state index in [0.717, 1.165) is 25.9 Å². The molecular weight excluding hydrogens is 360 g/mol. The molecule has 0 atom stereocenters. The Balaban J connectivity index is 2.01. The highest BCUT2D eigenvalue weighted by Crippen LogP contribution is 2.33. The monoisotopic (exact) mass is 374 g/mol. The Kier molecular flexibility index (Phi) is 5.68. The fraction of sp³-hybridized carbons (Fsp3) is 0.385. The smallest absolute Gasteiger partial charge is 0.295 e.